The normalized spacial score (nSPS) is 10.9. The first-order valence-electron chi connectivity index (χ1n) is 5.53. The minimum Gasteiger partial charge on any atom is -0.444 e. The zero-order valence-electron chi connectivity index (χ0n) is 10.6. The Hall–Kier alpha value is -1.55. The van der Waals surface area contributed by atoms with Crippen LogP contribution in [0.4, 0.5) is 10.5 Å². The van der Waals surface area contributed by atoms with E-state index in [1.54, 1.807) is 45.0 Å². The van der Waals surface area contributed by atoms with E-state index in [-0.39, 0.29) is 6.42 Å². The van der Waals surface area contributed by atoms with E-state index in [4.69, 9.17) is 16.3 Å². The molecule has 1 amide bonds. The van der Waals surface area contributed by atoms with Crippen LogP contribution in [-0.4, -0.2) is 16.9 Å². The van der Waals surface area contributed by atoms with E-state index >= 15 is 0 Å². The molecule has 0 heterocycles. The van der Waals surface area contributed by atoms with Crippen LogP contribution >= 0.6 is 11.6 Å². The third-order valence-corrected chi connectivity index (χ3v) is 2.08. The summed E-state index contributed by atoms with van der Waals surface area (Å²) < 4.78 is 5.11. The molecule has 0 fully saturated rings. The van der Waals surface area contributed by atoms with Crippen molar-refractivity contribution < 1.29 is 14.3 Å². The van der Waals surface area contributed by atoms with E-state index in [1.165, 1.54) is 0 Å². The molecule has 1 aromatic carbocycles. The monoisotopic (exact) mass is 269 g/mol. The Morgan fingerprint density at radius 3 is 2.22 bits per heavy atom. The number of ether oxygens (including phenoxy) is 1. The van der Waals surface area contributed by atoms with E-state index in [1.807, 2.05) is 0 Å². The Morgan fingerprint density at radius 1 is 1.22 bits per heavy atom. The summed E-state index contributed by atoms with van der Waals surface area (Å²) in [4.78, 5) is 22.2. The Balaban J connectivity index is 2.58. The van der Waals surface area contributed by atoms with E-state index < -0.39 is 16.9 Å². The highest BCUT2D eigenvalue weighted by Crippen LogP contribution is 2.13. The summed E-state index contributed by atoms with van der Waals surface area (Å²) >= 11 is 5.28. The molecule has 1 aromatic rings. The van der Waals surface area contributed by atoms with E-state index in [9.17, 15) is 9.59 Å². The van der Waals surface area contributed by atoms with Crippen LogP contribution in [0.1, 0.15) is 26.3 Å². The molecule has 0 atom stereocenters. The highest BCUT2D eigenvalue weighted by atomic mass is 35.5. The number of carbonyl (C=O) groups excluding carboxylic acids is 2. The fraction of sp³-hybridized carbons (Fsp3) is 0.385. The van der Waals surface area contributed by atoms with Crippen LogP contribution in [0.5, 0.6) is 0 Å². The van der Waals surface area contributed by atoms with Gasteiger partial charge in [0.25, 0.3) is 0 Å². The van der Waals surface area contributed by atoms with Gasteiger partial charge in [0.2, 0.25) is 5.24 Å². The Kier molecular flexibility index (Phi) is 4.73. The summed E-state index contributed by atoms with van der Waals surface area (Å²) in [6.07, 6.45) is -0.336. The third-order valence-electron chi connectivity index (χ3n) is 1.94. The summed E-state index contributed by atoms with van der Waals surface area (Å²) in [6, 6.07) is 6.85. The first-order valence-corrected chi connectivity index (χ1v) is 5.91. The number of hydrogen-bond donors (Lipinski definition) is 1. The number of hydrogen-bond acceptors (Lipinski definition) is 3. The van der Waals surface area contributed by atoms with Crippen LogP contribution in [0.3, 0.4) is 0 Å². The maximum atomic E-state index is 11.5. The lowest BCUT2D eigenvalue weighted by atomic mass is 10.1. The molecule has 0 aromatic heterocycles. The quantitative estimate of drug-likeness (QED) is 0.856. The van der Waals surface area contributed by atoms with Gasteiger partial charge in [0.05, 0.1) is 0 Å². The molecule has 0 saturated heterocycles. The van der Waals surface area contributed by atoms with Crippen molar-refractivity contribution in [2.75, 3.05) is 5.32 Å². The molecule has 98 valence electrons. The van der Waals surface area contributed by atoms with Crippen molar-refractivity contribution in [2.24, 2.45) is 0 Å². The van der Waals surface area contributed by atoms with Crippen molar-refractivity contribution in [3.05, 3.63) is 29.8 Å². The smallest absolute Gasteiger partial charge is 0.412 e. The van der Waals surface area contributed by atoms with E-state index in [2.05, 4.69) is 5.32 Å². The Labute approximate surface area is 111 Å². The molecule has 18 heavy (non-hydrogen) atoms. The molecule has 0 aliphatic heterocycles. The number of nitrogens with one attached hydrogen (secondary N) is 1. The lowest BCUT2D eigenvalue weighted by Gasteiger charge is -2.19. The minimum absolute atomic E-state index is 0.175. The molecule has 0 unspecified atom stereocenters. The first-order chi connectivity index (χ1) is 8.26. The first kappa shape index (κ1) is 14.5. The van der Waals surface area contributed by atoms with Crippen LogP contribution in [0.25, 0.3) is 0 Å². The van der Waals surface area contributed by atoms with Crippen molar-refractivity contribution in [3.8, 4) is 0 Å². The molecule has 4 nitrogen and oxygen atoms in total. The third kappa shape index (κ3) is 5.68. The second kappa shape index (κ2) is 5.87. The van der Waals surface area contributed by atoms with Crippen molar-refractivity contribution >= 4 is 28.6 Å². The summed E-state index contributed by atoms with van der Waals surface area (Å²) in [6.45, 7) is 5.38. The maximum Gasteiger partial charge on any atom is 0.412 e. The zero-order chi connectivity index (χ0) is 13.8. The van der Waals surface area contributed by atoms with Gasteiger partial charge in [-0.3, -0.25) is 10.1 Å². The number of amides is 1. The predicted octanol–water partition coefficient (Wildman–Crippen LogP) is 3.34. The molecule has 1 rings (SSSR count). The molecular formula is C13H16ClNO3. The van der Waals surface area contributed by atoms with E-state index in [0.29, 0.717) is 5.69 Å². The van der Waals surface area contributed by atoms with Gasteiger partial charge in [-0.15, -0.1) is 0 Å². The average Bonchev–Trinajstić information content (AvgIpc) is 2.17. The molecule has 0 aliphatic rings. The molecule has 5 heteroatoms. The van der Waals surface area contributed by atoms with Gasteiger partial charge in [0.15, 0.2) is 0 Å². The van der Waals surface area contributed by atoms with E-state index in [0.717, 1.165) is 5.56 Å². The van der Waals surface area contributed by atoms with Gasteiger partial charge in [-0.1, -0.05) is 12.1 Å². The number of benzene rings is 1. The van der Waals surface area contributed by atoms with Crippen LogP contribution < -0.4 is 5.32 Å². The average molecular weight is 270 g/mol. The zero-order valence-corrected chi connectivity index (χ0v) is 11.4. The van der Waals surface area contributed by atoms with Crippen molar-refractivity contribution in [2.45, 2.75) is 32.8 Å². The van der Waals surface area contributed by atoms with Gasteiger partial charge in [-0.05, 0) is 50.1 Å². The summed E-state index contributed by atoms with van der Waals surface area (Å²) in [5.41, 5.74) is 0.870. The lowest BCUT2D eigenvalue weighted by molar-refractivity contribution is -0.111. The van der Waals surface area contributed by atoms with Crippen LogP contribution in [0.2, 0.25) is 0 Å². The minimum atomic E-state index is -0.533. The van der Waals surface area contributed by atoms with Crippen LogP contribution in [-0.2, 0) is 16.0 Å². The summed E-state index contributed by atoms with van der Waals surface area (Å²) in [5, 5.41) is 2.19. The fourth-order valence-corrected chi connectivity index (χ4v) is 1.44. The van der Waals surface area contributed by atoms with Gasteiger partial charge >= 0.3 is 6.09 Å². The fourth-order valence-electron chi connectivity index (χ4n) is 1.29. The number of carbonyl (C=O) groups is 2. The molecule has 0 radical (unpaired) electrons. The summed E-state index contributed by atoms with van der Waals surface area (Å²) in [7, 11) is 0. The molecule has 1 N–H and O–H groups in total. The number of anilines is 1. The molecule has 0 bridgehead atoms. The highest BCUT2D eigenvalue weighted by molar-refractivity contribution is 6.63. The second-order valence-electron chi connectivity index (χ2n) is 4.86. The largest absolute Gasteiger partial charge is 0.444 e. The maximum absolute atomic E-state index is 11.5. The predicted molar refractivity (Wildman–Crippen MR) is 70.9 cm³/mol. The van der Waals surface area contributed by atoms with Gasteiger partial charge < -0.3 is 4.74 Å². The summed E-state index contributed by atoms with van der Waals surface area (Å²) in [5.74, 6) is 0. The standard InChI is InChI=1S/C13H16ClNO3/c1-13(2,3)18-12(17)15-10-6-4-9(5-7-10)8-11(14)16/h4-7H,8H2,1-3H3,(H,15,17). The number of rotatable bonds is 3. The number of halogens is 1. The van der Waals surface area contributed by atoms with Crippen molar-refractivity contribution in [1.82, 2.24) is 0 Å². The van der Waals surface area contributed by atoms with Crippen LogP contribution in [0, 0.1) is 0 Å². The van der Waals surface area contributed by atoms with Gasteiger partial charge in [-0.2, -0.15) is 0 Å². The van der Waals surface area contributed by atoms with Crippen molar-refractivity contribution in [1.29, 1.82) is 0 Å². The molecular weight excluding hydrogens is 254 g/mol. The molecule has 0 spiro atoms. The van der Waals surface area contributed by atoms with Crippen molar-refractivity contribution in [3.63, 3.8) is 0 Å². The highest BCUT2D eigenvalue weighted by Gasteiger charge is 2.16. The Morgan fingerprint density at radius 2 is 1.78 bits per heavy atom. The second-order valence-corrected chi connectivity index (χ2v) is 5.28. The van der Waals surface area contributed by atoms with Gasteiger partial charge in [0, 0.05) is 12.1 Å². The topological polar surface area (TPSA) is 55.4 Å². The lowest BCUT2D eigenvalue weighted by Crippen LogP contribution is -2.27. The Bertz CT molecular complexity index is 435. The van der Waals surface area contributed by atoms with Gasteiger partial charge in [0.1, 0.15) is 5.60 Å². The van der Waals surface area contributed by atoms with Gasteiger partial charge in [-0.25, -0.2) is 4.79 Å². The molecule has 0 saturated carbocycles. The SMILES string of the molecule is CC(C)(C)OC(=O)Nc1ccc(CC(=O)Cl)cc1. The van der Waals surface area contributed by atoms with Crippen LogP contribution in [0.15, 0.2) is 24.3 Å². The molecule has 0 aliphatic carbocycles.